The normalized spacial score (nSPS) is 12.7. The highest BCUT2D eigenvalue weighted by atomic mass is 32.2. The van der Waals surface area contributed by atoms with Gasteiger partial charge in [0.1, 0.15) is 0 Å². The molecule has 0 bridgehead atoms. The molecule has 0 fully saturated rings. The maximum atomic E-state index is 13.0. The predicted molar refractivity (Wildman–Crippen MR) is 104 cm³/mol. The van der Waals surface area contributed by atoms with Crippen LogP contribution in [0.5, 0.6) is 0 Å². The van der Waals surface area contributed by atoms with Gasteiger partial charge in [-0.05, 0) is 25.1 Å². The Labute approximate surface area is 155 Å². The molecule has 3 aromatic rings. The highest BCUT2D eigenvalue weighted by Crippen LogP contribution is 2.41. The summed E-state index contributed by atoms with van der Waals surface area (Å²) in [5.41, 5.74) is 15.4. The van der Waals surface area contributed by atoms with Crippen LogP contribution in [-0.4, -0.2) is 11.6 Å². The molecular weight excluding hydrogens is 344 g/mol. The fourth-order valence-corrected chi connectivity index (χ4v) is 4.06. The number of anilines is 2. The van der Waals surface area contributed by atoms with Gasteiger partial charge < -0.3 is 11.5 Å². The molecule has 1 aliphatic rings. The summed E-state index contributed by atoms with van der Waals surface area (Å²) in [5.74, 6) is -0.517. The molecule has 0 aromatic heterocycles. The monoisotopic (exact) mass is 360 g/mol. The molecule has 0 saturated heterocycles. The Morgan fingerprint density at radius 1 is 0.808 bits per heavy atom. The third-order valence-electron chi connectivity index (χ3n) is 4.48. The first-order valence-corrected chi connectivity index (χ1v) is 8.94. The molecule has 0 spiro atoms. The molecular formula is C21H16N2O2S. The van der Waals surface area contributed by atoms with Gasteiger partial charge in [-0.1, -0.05) is 53.7 Å². The van der Waals surface area contributed by atoms with Gasteiger partial charge in [0.05, 0.1) is 16.8 Å². The van der Waals surface area contributed by atoms with Crippen molar-refractivity contribution in [2.75, 3.05) is 11.5 Å². The number of carbonyl (C=O) groups excluding carboxylic acids is 2. The fourth-order valence-electron chi connectivity index (χ4n) is 3.14. The van der Waals surface area contributed by atoms with Crippen LogP contribution in [0.3, 0.4) is 0 Å². The average Bonchev–Trinajstić information content (AvgIpc) is 2.64. The van der Waals surface area contributed by atoms with Crippen molar-refractivity contribution in [1.82, 2.24) is 0 Å². The highest BCUT2D eigenvalue weighted by Gasteiger charge is 2.34. The van der Waals surface area contributed by atoms with Crippen molar-refractivity contribution in [1.29, 1.82) is 0 Å². The minimum absolute atomic E-state index is 0.208. The summed E-state index contributed by atoms with van der Waals surface area (Å²) < 4.78 is 0. The van der Waals surface area contributed by atoms with Crippen molar-refractivity contribution >= 4 is 34.7 Å². The van der Waals surface area contributed by atoms with Crippen LogP contribution in [0, 0.1) is 6.92 Å². The third-order valence-corrected chi connectivity index (χ3v) is 5.54. The fraction of sp³-hybridized carbons (Fsp3) is 0.0476. The van der Waals surface area contributed by atoms with Gasteiger partial charge in [0, 0.05) is 26.6 Å². The van der Waals surface area contributed by atoms with Crippen LogP contribution in [0.2, 0.25) is 0 Å². The Hall–Kier alpha value is -3.05. The quantitative estimate of drug-likeness (QED) is 0.526. The molecule has 26 heavy (non-hydrogen) atoms. The number of hydrogen-bond acceptors (Lipinski definition) is 5. The van der Waals surface area contributed by atoms with E-state index in [0.717, 1.165) is 10.5 Å². The molecule has 0 unspecified atom stereocenters. The maximum absolute atomic E-state index is 13.0. The molecule has 0 aliphatic heterocycles. The van der Waals surface area contributed by atoms with Gasteiger partial charge >= 0.3 is 0 Å². The van der Waals surface area contributed by atoms with E-state index in [1.807, 2.05) is 31.2 Å². The molecule has 4 rings (SSSR count). The van der Waals surface area contributed by atoms with Gasteiger partial charge in [-0.2, -0.15) is 0 Å². The van der Waals surface area contributed by atoms with Gasteiger partial charge in [0.25, 0.3) is 0 Å². The first kappa shape index (κ1) is 16.4. The van der Waals surface area contributed by atoms with Crippen molar-refractivity contribution in [2.45, 2.75) is 16.7 Å². The maximum Gasteiger partial charge on any atom is 0.196 e. The molecule has 0 amide bonds. The van der Waals surface area contributed by atoms with Crippen molar-refractivity contribution in [3.8, 4) is 0 Å². The van der Waals surface area contributed by atoms with E-state index in [1.54, 1.807) is 30.3 Å². The smallest absolute Gasteiger partial charge is 0.196 e. The van der Waals surface area contributed by atoms with Crippen molar-refractivity contribution < 1.29 is 9.59 Å². The van der Waals surface area contributed by atoms with Crippen molar-refractivity contribution in [2.24, 2.45) is 0 Å². The Morgan fingerprint density at radius 3 is 2.00 bits per heavy atom. The van der Waals surface area contributed by atoms with E-state index in [9.17, 15) is 9.59 Å². The van der Waals surface area contributed by atoms with Crippen LogP contribution in [-0.2, 0) is 0 Å². The standard InChI is InChI=1S/C21H16N2O2S/c1-11-6-8-12(9-7-11)26-16-10-15(22)17-18(19(16)23)21(25)14-5-3-2-4-13(14)20(17)24/h2-10H,22-23H2,1H3. The van der Waals surface area contributed by atoms with Crippen LogP contribution in [0.4, 0.5) is 11.4 Å². The summed E-state index contributed by atoms with van der Waals surface area (Å²) in [7, 11) is 0. The van der Waals surface area contributed by atoms with Crippen LogP contribution < -0.4 is 11.5 Å². The van der Waals surface area contributed by atoms with E-state index >= 15 is 0 Å². The second kappa shape index (κ2) is 6.04. The number of nitrogen functional groups attached to an aromatic ring is 2. The zero-order chi connectivity index (χ0) is 18.4. The summed E-state index contributed by atoms with van der Waals surface area (Å²) in [6, 6.07) is 16.4. The molecule has 0 atom stereocenters. The van der Waals surface area contributed by atoms with Crippen LogP contribution in [0.1, 0.15) is 37.4 Å². The topological polar surface area (TPSA) is 86.2 Å². The first-order valence-electron chi connectivity index (χ1n) is 8.12. The zero-order valence-corrected chi connectivity index (χ0v) is 14.9. The number of carbonyl (C=O) groups is 2. The Morgan fingerprint density at radius 2 is 1.38 bits per heavy atom. The average molecular weight is 360 g/mol. The molecule has 3 aromatic carbocycles. The van der Waals surface area contributed by atoms with E-state index in [2.05, 4.69) is 0 Å². The summed E-state index contributed by atoms with van der Waals surface area (Å²) in [4.78, 5) is 27.5. The second-order valence-electron chi connectivity index (χ2n) is 6.25. The van der Waals surface area contributed by atoms with Gasteiger partial charge in [-0.25, -0.2) is 0 Å². The summed E-state index contributed by atoms with van der Waals surface area (Å²) in [6.07, 6.45) is 0. The van der Waals surface area contributed by atoms with Crippen molar-refractivity contribution in [3.05, 3.63) is 82.4 Å². The highest BCUT2D eigenvalue weighted by molar-refractivity contribution is 7.99. The third kappa shape index (κ3) is 2.48. The number of benzene rings is 3. The van der Waals surface area contributed by atoms with Gasteiger partial charge in [-0.3, -0.25) is 9.59 Å². The van der Waals surface area contributed by atoms with Crippen LogP contribution >= 0.6 is 11.8 Å². The minimum Gasteiger partial charge on any atom is -0.398 e. The van der Waals surface area contributed by atoms with Crippen molar-refractivity contribution in [3.63, 3.8) is 0 Å². The van der Waals surface area contributed by atoms with Gasteiger partial charge in [0.2, 0.25) is 0 Å². The van der Waals surface area contributed by atoms with E-state index in [1.165, 1.54) is 11.8 Å². The molecule has 128 valence electrons. The van der Waals surface area contributed by atoms with E-state index < -0.39 is 0 Å². The van der Waals surface area contributed by atoms with Gasteiger partial charge in [-0.15, -0.1) is 0 Å². The predicted octanol–water partition coefficient (Wildman–Crippen LogP) is 4.09. The largest absolute Gasteiger partial charge is 0.398 e. The lowest BCUT2D eigenvalue weighted by Gasteiger charge is -2.22. The SMILES string of the molecule is Cc1ccc(Sc2cc(N)c3c(c2N)C(=O)c2ccccc2C3=O)cc1. The van der Waals surface area contributed by atoms with Crippen LogP contribution in [0.15, 0.2) is 64.4 Å². The Balaban J connectivity index is 1.87. The van der Waals surface area contributed by atoms with E-state index in [0.29, 0.717) is 21.7 Å². The van der Waals surface area contributed by atoms with E-state index in [-0.39, 0.29) is 28.4 Å². The number of fused-ring (bicyclic) bond motifs is 2. The summed E-state index contributed by atoms with van der Waals surface area (Å²) in [6.45, 7) is 2.02. The lowest BCUT2D eigenvalue weighted by Crippen LogP contribution is -2.24. The van der Waals surface area contributed by atoms with Gasteiger partial charge in [0.15, 0.2) is 11.6 Å². The van der Waals surface area contributed by atoms with E-state index in [4.69, 9.17) is 11.5 Å². The molecule has 1 aliphatic carbocycles. The Kier molecular flexibility index (Phi) is 3.81. The molecule has 4 nitrogen and oxygen atoms in total. The second-order valence-corrected chi connectivity index (χ2v) is 7.36. The number of aryl methyl sites for hydroxylation is 1. The molecule has 5 heteroatoms. The number of nitrogens with two attached hydrogens (primary N) is 2. The number of ketones is 2. The Bertz CT molecular complexity index is 1070. The summed E-state index contributed by atoms with van der Waals surface area (Å²) >= 11 is 1.43. The zero-order valence-electron chi connectivity index (χ0n) is 14.1. The van der Waals surface area contributed by atoms with Crippen LogP contribution in [0.25, 0.3) is 0 Å². The molecule has 0 saturated carbocycles. The number of rotatable bonds is 2. The number of hydrogen-bond donors (Lipinski definition) is 2. The minimum atomic E-state index is -0.259. The molecule has 0 heterocycles. The molecule has 0 radical (unpaired) electrons. The summed E-state index contributed by atoms with van der Waals surface area (Å²) in [5, 5.41) is 0. The lowest BCUT2D eigenvalue weighted by molar-refractivity contribution is 0.0980. The first-order chi connectivity index (χ1) is 12.5. The molecule has 4 N–H and O–H groups in total. The lowest BCUT2D eigenvalue weighted by atomic mass is 9.82.